The van der Waals surface area contributed by atoms with Crippen molar-refractivity contribution < 1.29 is 17.9 Å². The van der Waals surface area contributed by atoms with Gasteiger partial charge < -0.3 is 10.1 Å². The highest BCUT2D eigenvalue weighted by Crippen LogP contribution is 2.24. The molecule has 0 aromatic heterocycles. The van der Waals surface area contributed by atoms with Gasteiger partial charge in [-0.05, 0) is 44.0 Å². The Morgan fingerprint density at radius 2 is 1.96 bits per heavy atom. The van der Waals surface area contributed by atoms with Crippen LogP contribution in [0.25, 0.3) is 0 Å². The number of benzene rings is 1. The van der Waals surface area contributed by atoms with E-state index in [1.54, 1.807) is 7.11 Å². The van der Waals surface area contributed by atoms with E-state index in [1.165, 1.54) is 28.6 Å². The Morgan fingerprint density at radius 3 is 2.48 bits per heavy atom. The second kappa shape index (κ2) is 8.43. The zero-order valence-corrected chi connectivity index (χ0v) is 15.3. The number of piperidine rings is 1. The number of sulfonamides is 1. The van der Waals surface area contributed by atoms with Crippen LogP contribution in [-0.2, 0) is 19.6 Å². The molecular weight excluding hydrogens is 342 g/mol. The summed E-state index contributed by atoms with van der Waals surface area (Å²) in [5, 5.41) is 11.7. The summed E-state index contributed by atoms with van der Waals surface area (Å²) in [6.45, 7) is 2.92. The zero-order valence-electron chi connectivity index (χ0n) is 14.4. The van der Waals surface area contributed by atoms with Gasteiger partial charge in [-0.1, -0.05) is 0 Å². The van der Waals surface area contributed by atoms with Crippen LogP contribution in [0.15, 0.2) is 29.2 Å². The van der Waals surface area contributed by atoms with E-state index >= 15 is 0 Å². The van der Waals surface area contributed by atoms with Gasteiger partial charge in [0.2, 0.25) is 15.9 Å². The maximum absolute atomic E-state index is 12.7. The molecule has 0 saturated carbocycles. The number of amides is 1. The minimum atomic E-state index is -3.60. The average molecular weight is 365 g/mol. The van der Waals surface area contributed by atoms with E-state index in [0.29, 0.717) is 38.1 Å². The van der Waals surface area contributed by atoms with Gasteiger partial charge in [0.25, 0.3) is 0 Å². The van der Waals surface area contributed by atoms with E-state index in [9.17, 15) is 13.2 Å². The minimum Gasteiger partial charge on any atom is -0.383 e. The largest absolute Gasteiger partial charge is 0.383 e. The van der Waals surface area contributed by atoms with Crippen LogP contribution < -0.4 is 5.32 Å². The number of carbonyl (C=O) groups excluding carboxylic acids is 1. The predicted molar refractivity (Wildman–Crippen MR) is 92.1 cm³/mol. The smallest absolute Gasteiger partial charge is 0.243 e. The Kier molecular flexibility index (Phi) is 6.53. The average Bonchev–Trinajstić information content (AvgIpc) is 2.62. The first-order valence-corrected chi connectivity index (χ1v) is 9.62. The molecule has 1 amide bonds. The van der Waals surface area contributed by atoms with Crippen LogP contribution in [0.4, 0.5) is 0 Å². The highest BCUT2D eigenvalue weighted by atomic mass is 32.2. The van der Waals surface area contributed by atoms with Crippen molar-refractivity contribution in [3.63, 3.8) is 0 Å². The van der Waals surface area contributed by atoms with Gasteiger partial charge in [-0.2, -0.15) is 9.57 Å². The molecule has 136 valence electrons. The molecule has 0 radical (unpaired) electrons. The van der Waals surface area contributed by atoms with Crippen LogP contribution in [0.3, 0.4) is 0 Å². The maximum atomic E-state index is 12.7. The lowest BCUT2D eigenvalue weighted by molar-refractivity contribution is -0.127. The molecule has 1 atom stereocenters. The number of rotatable bonds is 6. The quantitative estimate of drug-likeness (QED) is 0.814. The predicted octanol–water partition coefficient (Wildman–Crippen LogP) is 1.11. The van der Waals surface area contributed by atoms with Crippen LogP contribution in [-0.4, -0.2) is 51.5 Å². The van der Waals surface area contributed by atoms with Gasteiger partial charge in [0.15, 0.2) is 0 Å². The number of nitrogens with one attached hydrogen (secondary N) is 1. The Hall–Kier alpha value is -1.95. The zero-order chi connectivity index (χ0) is 18.4. The van der Waals surface area contributed by atoms with Gasteiger partial charge in [-0.15, -0.1) is 0 Å². The molecule has 1 heterocycles. The fourth-order valence-corrected chi connectivity index (χ4v) is 4.33. The normalized spacial score (nSPS) is 17.6. The molecule has 2 rings (SSSR count). The summed E-state index contributed by atoms with van der Waals surface area (Å²) in [6, 6.07) is 7.76. The van der Waals surface area contributed by atoms with E-state index in [0.717, 1.165) is 0 Å². The van der Waals surface area contributed by atoms with Crippen molar-refractivity contribution in [2.45, 2.75) is 30.7 Å². The fourth-order valence-electron chi connectivity index (χ4n) is 2.86. The summed E-state index contributed by atoms with van der Waals surface area (Å²) in [5.41, 5.74) is 0.416. The maximum Gasteiger partial charge on any atom is 0.243 e. The molecule has 8 heteroatoms. The Labute approximate surface area is 148 Å². The van der Waals surface area contributed by atoms with E-state index < -0.39 is 10.0 Å². The van der Waals surface area contributed by atoms with Crippen molar-refractivity contribution in [3.8, 4) is 6.07 Å². The standard InChI is InChI=1S/C17H23N3O4S/c1-13(12-24-2)19-17(21)15-7-9-20(10-8-15)25(22,23)16-5-3-14(11-18)4-6-16/h3-6,13,15H,7-10,12H2,1-2H3,(H,19,21)/t13-/m0/s1. The van der Waals surface area contributed by atoms with Gasteiger partial charge in [0.05, 0.1) is 23.1 Å². The third-order valence-corrected chi connectivity index (χ3v) is 6.16. The first-order valence-electron chi connectivity index (χ1n) is 8.18. The van der Waals surface area contributed by atoms with Crippen LogP contribution >= 0.6 is 0 Å². The van der Waals surface area contributed by atoms with E-state index in [2.05, 4.69) is 5.32 Å². The van der Waals surface area contributed by atoms with Gasteiger partial charge >= 0.3 is 0 Å². The highest BCUT2D eigenvalue weighted by molar-refractivity contribution is 7.89. The molecule has 25 heavy (non-hydrogen) atoms. The molecule has 0 aliphatic carbocycles. The molecule has 7 nitrogen and oxygen atoms in total. The summed E-state index contributed by atoms with van der Waals surface area (Å²) in [6.07, 6.45) is 0.974. The molecule has 1 aliphatic heterocycles. The molecule has 1 aromatic rings. The number of hydrogen-bond acceptors (Lipinski definition) is 5. The lowest BCUT2D eigenvalue weighted by atomic mass is 9.97. The molecule has 1 saturated heterocycles. The fraction of sp³-hybridized carbons (Fsp3) is 0.529. The molecule has 1 aromatic carbocycles. The Morgan fingerprint density at radius 1 is 1.36 bits per heavy atom. The van der Waals surface area contributed by atoms with Gasteiger partial charge in [0, 0.05) is 32.2 Å². The van der Waals surface area contributed by atoms with Gasteiger partial charge in [-0.25, -0.2) is 8.42 Å². The number of nitriles is 1. The third kappa shape index (κ3) is 4.78. The van der Waals surface area contributed by atoms with Crippen LogP contribution in [0, 0.1) is 17.2 Å². The van der Waals surface area contributed by atoms with Crippen molar-refractivity contribution in [2.75, 3.05) is 26.8 Å². The van der Waals surface area contributed by atoms with Crippen LogP contribution in [0.2, 0.25) is 0 Å². The second-order valence-electron chi connectivity index (χ2n) is 6.18. The van der Waals surface area contributed by atoms with Crippen LogP contribution in [0.1, 0.15) is 25.3 Å². The third-order valence-electron chi connectivity index (χ3n) is 4.25. The molecular formula is C17H23N3O4S. The molecule has 1 N–H and O–H groups in total. The van der Waals surface area contributed by atoms with E-state index in [4.69, 9.17) is 10.00 Å². The monoisotopic (exact) mass is 365 g/mol. The summed E-state index contributed by atoms with van der Waals surface area (Å²) in [4.78, 5) is 12.4. The topological polar surface area (TPSA) is 99.5 Å². The summed E-state index contributed by atoms with van der Waals surface area (Å²) in [5.74, 6) is -0.244. The van der Waals surface area contributed by atoms with E-state index in [-0.39, 0.29) is 22.8 Å². The van der Waals surface area contributed by atoms with Gasteiger partial charge in [0.1, 0.15) is 0 Å². The molecule has 0 spiro atoms. The highest BCUT2D eigenvalue weighted by Gasteiger charge is 2.32. The SMILES string of the molecule is COC[C@H](C)NC(=O)C1CCN(S(=O)(=O)c2ccc(C#N)cc2)CC1. The Bertz CT molecular complexity index is 732. The number of methoxy groups -OCH3 is 1. The number of nitrogens with zero attached hydrogens (tertiary/aromatic N) is 2. The molecule has 0 bridgehead atoms. The first-order chi connectivity index (χ1) is 11.9. The Balaban J connectivity index is 1.96. The molecule has 1 fully saturated rings. The van der Waals surface area contributed by atoms with Crippen molar-refractivity contribution in [1.82, 2.24) is 9.62 Å². The van der Waals surface area contributed by atoms with Crippen molar-refractivity contribution in [2.24, 2.45) is 5.92 Å². The summed E-state index contributed by atoms with van der Waals surface area (Å²) in [7, 11) is -2.02. The van der Waals surface area contributed by atoms with E-state index in [1.807, 2.05) is 13.0 Å². The van der Waals surface area contributed by atoms with Crippen molar-refractivity contribution >= 4 is 15.9 Å². The van der Waals surface area contributed by atoms with Gasteiger partial charge in [-0.3, -0.25) is 4.79 Å². The summed E-state index contributed by atoms with van der Waals surface area (Å²) < 4.78 is 31.7. The number of carbonyl (C=O) groups is 1. The number of ether oxygens (including phenoxy) is 1. The molecule has 1 aliphatic rings. The van der Waals surface area contributed by atoms with Crippen molar-refractivity contribution in [3.05, 3.63) is 29.8 Å². The molecule has 0 unspecified atom stereocenters. The second-order valence-corrected chi connectivity index (χ2v) is 8.12. The summed E-state index contributed by atoms with van der Waals surface area (Å²) >= 11 is 0. The first kappa shape index (κ1) is 19.4. The van der Waals surface area contributed by atoms with Crippen molar-refractivity contribution in [1.29, 1.82) is 5.26 Å². The van der Waals surface area contributed by atoms with Crippen LogP contribution in [0.5, 0.6) is 0 Å². The minimum absolute atomic E-state index is 0.0556. The lowest BCUT2D eigenvalue weighted by Gasteiger charge is -2.31. The lowest BCUT2D eigenvalue weighted by Crippen LogP contribution is -2.45. The number of hydrogen-bond donors (Lipinski definition) is 1.